The van der Waals surface area contributed by atoms with E-state index in [2.05, 4.69) is 5.32 Å². The zero-order valence-electron chi connectivity index (χ0n) is 12.7. The zero-order valence-corrected chi connectivity index (χ0v) is 12.7. The smallest absolute Gasteiger partial charge is 0.245 e. The van der Waals surface area contributed by atoms with Gasteiger partial charge in [0, 0.05) is 13.2 Å². The van der Waals surface area contributed by atoms with Crippen molar-refractivity contribution in [3.63, 3.8) is 0 Å². The van der Waals surface area contributed by atoms with Crippen molar-refractivity contribution >= 4 is 11.8 Å². The molecule has 2 heterocycles. The van der Waals surface area contributed by atoms with Gasteiger partial charge in [-0.2, -0.15) is 0 Å². The first-order valence-electron chi connectivity index (χ1n) is 7.73. The van der Waals surface area contributed by atoms with Crippen LogP contribution in [-0.2, 0) is 14.3 Å². The Morgan fingerprint density at radius 1 is 1.40 bits per heavy atom. The van der Waals surface area contributed by atoms with Gasteiger partial charge in [0.05, 0.1) is 6.10 Å². The van der Waals surface area contributed by atoms with Crippen molar-refractivity contribution in [3.05, 3.63) is 0 Å². The van der Waals surface area contributed by atoms with Gasteiger partial charge in [0.15, 0.2) is 0 Å². The molecule has 114 valence electrons. The largest absolute Gasteiger partial charge is 0.378 e. The van der Waals surface area contributed by atoms with Crippen LogP contribution in [0.1, 0.15) is 46.5 Å². The lowest BCUT2D eigenvalue weighted by Crippen LogP contribution is -2.64. The molecule has 20 heavy (non-hydrogen) atoms. The predicted molar refractivity (Wildman–Crippen MR) is 76.2 cm³/mol. The highest BCUT2D eigenvalue weighted by Gasteiger charge is 2.39. The maximum atomic E-state index is 12.3. The molecule has 2 aliphatic rings. The first kappa shape index (κ1) is 15.3. The average Bonchev–Trinajstić information content (AvgIpc) is 2.87. The lowest BCUT2D eigenvalue weighted by molar-refractivity contribution is -0.150. The van der Waals surface area contributed by atoms with E-state index in [1.807, 2.05) is 13.8 Å². The minimum Gasteiger partial charge on any atom is -0.378 e. The van der Waals surface area contributed by atoms with Crippen LogP contribution in [0, 0.1) is 5.92 Å². The summed E-state index contributed by atoms with van der Waals surface area (Å²) in [5.41, 5.74) is 0. The van der Waals surface area contributed by atoms with Crippen molar-refractivity contribution in [1.82, 2.24) is 10.2 Å². The molecule has 0 aromatic rings. The van der Waals surface area contributed by atoms with Crippen molar-refractivity contribution in [3.8, 4) is 0 Å². The minimum atomic E-state index is -0.403. The molecule has 0 spiro atoms. The average molecular weight is 282 g/mol. The molecule has 0 aliphatic carbocycles. The number of piperazine rings is 1. The van der Waals surface area contributed by atoms with Gasteiger partial charge in [-0.05, 0) is 38.5 Å². The third-order valence-corrected chi connectivity index (χ3v) is 4.20. The van der Waals surface area contributed by atoms with Gasteiger partial charge in [0.1, 0.15) is 12.1 Å². The molecule has 2 saturated heterocycles. The second kappa shape index (κ2) is 6.57. The van der Waals surface area contributed by atoms with E-state index in [0.717, 1.165) is 32.3 Å². The van der Waals surface area contributed by atoms with Gasteiger partial charge in [-0.15, -0.1) is 0 Å². The molecular formula is C15H26N2O3. The minimum absolute atomic E-state index is 0.0239. The van der Waals surface area contributed by atoms with E-state index in [1.54, 1.807) is 11.8 Å². The van der Waals surface area contributed by atoms with Gasteiger partial charge in [-0.3, -0.25) is 9.59 Å². The summed E-state index contributed by atoms with van der Waals surface area (Å²) in [7, 11) is 0. The summed E-state index contributed by atoms with van der Waals surface area (Å²) in [6, 6.07) is -0.733. The van der Waals surface area contributed by atoms with Crippen LogP contribution >= 0.6 is 0 Å². The highest BCUT2D eigenvalue weighted by atomic mass is 16.5. The van der Waals surface area contributed by atoms with E-state index in [4.69, 9.17) is 4.74 Å². The molecule has 1 N–H and O–H groups in total. The van der Waals surface area contributed by atoms with Gasteiger partial charge in [-0.1, -0.05) is 13.8 Å². The number of ether oxygens (including phenoxy) is 1. The van der Waals surface area contributed by atoms with Crippen molar-refractivity contribution < 1.29 is 14.3 Å². The fraction of sp³-hybridized carbons (Fsp3) is 0.867. The van der Waals surface area contributed by atoms with Crippen LogP contribution in [0.15, 0.2) is 0 Å². The number of amides is 2. The topological polar surface area (TPSA) is 58.6 Å². The van der Waals surface area contributed by atoms with Gasteiger partial charge in [-0.25, -0.2) is 0 Å². The maximum Gasteiger partial charge on any atom is 0.245 e. The summed E-state index contributed by atoms with van der Waals surface area (Å²) in [5.74, 6) is 0.147. The quantitative estimate of drug-likeness (QED) is 0.827. The number of hydrogen-bond acceptors (Lipinski definition) is 3. The molecule has 2 rings (SSSR count). The van der Waals surface area contributed by atoms with Crippen LogP contribution in [-0.4, -0.2) is 48.1 Å². The molecule has 0 bridgehead atoms. The van der Waals surface area contributed by atoms with Crippen LogP contribution in [0.4, 0.5) is 0 Å². The Morgan fingerprint density at radius 3 is 2.75 bits per heavy atom. The summed E-state index contributed by atoms with van der Waals surface area (Å²) in [6.45, 7) is 7.24. The molecule has 0 aromatic carbocycles. The third-order valence-electron chi connectivity index (χ3n) is 4.20. The summed E-state index contributed by atoms with van der Waals surface area (Å²) < 4.78 is 5.60. The second-order valence-corrected chi connectivity index (χ2v) is 6.23. The molecule has 5 heteroatoms. The van der Waals surface area contributed by atoms with Gasteiger partial charge in [0.25, 0.3) is 0 Å². The Balaban J connectivity index is 1.93. The molecule has 5 nitrogen and oxygen atoms in total. The van der Waals surface area contributed by atoms with Gasteiger partial charge < -0.3 is 15.0 Å². The van der Waals surface area contributed by atoms with Crippen LogP contribution < -0.4 is 5.32 Å². The second-order valence-electron chi connectivity index (χ2n) is 6.23. The maximum absolute atomic E-state index is 12.3. The summed E-state index contributed by atoms with van der Waals surface area (Å²) in [4.78, 5) is 26.2. The molecule has 3 atom stereocenters. The van der Waals surface area contributed by atoms with E-state index >= 15 is 0 Å². The van der Waals surface area contributed by atoms with Crippen molar-refractivity contribution in [1.29, 1.82) is 0 Å². The Labute approximate surface area is 121 Å². The highest BCUT2D eigenvalue weighted by molar-refractivity contribution is 5.96. The normalized spacial score (nSPS) is 31.0. The first-order chi connectivity index (χ1) is 9.50. The van der Waals surface area contributed by atoms with Crippen molar-refractivity contribution in [2.45, 2.75) is 64.6 Å². The molecule has 0 aromatic heterocycles. The van der Waals surface area contributed by atoms with Crippen molar-refractivity contribution in [2.75, 3.05) is 13.2 Å². The SMILES string of the molecule is CC1NC(=O)C(C(C)C)N(CCCC2CCCO2)C1=O. The van der Waals surface area contributed by atoms with E-state index in [1.165, 1.54) is 0 Å². The first-order valence-corrected chi connectivity index (χ1v) is 7.73. The lowest BCUT2D eigenvalue weighted by atomic mass is 9.97. The molecule has 2 fully saturated rings. The third kappa shape index (κ3) is 3.32. The van der Waals surface area contributed by atoms with E-state index < -0.39 is 6.04 Å². The summed E-state index contributed by atoms with van der Waals surface area (Å²) in [5, 5.41) is 2.77. The van der Waals surface area contributed by atoms with Gasteiger partial charge in [0.2, 0.25) is 11.8 Å². The molecule has 2 aliphatic heterocycles. The van der Waals surface area contributed by atoms with Crippen LogP contribution in [0.3, 0.4) is 0 Å². The van der Waals surface area contributed by atoms with Crippen LogP contribution in [0.2, 0.25) is 0 Å². The number of carbonyl (C=O) groups excluding carboxylic acids is 2. The molecule has 0 radical (unpaired) electrons. The lowest BCUT2D eigenvalue weighted by Gasteiger charge is -2.40. The standard InChI is InChI=1S/C15H26N2O3/c1-10(2)13-14(18)16-11(3)15(19)17(13)8-4-6-12-7-5-9-20-12/h10-13H,4-9H2,1-3H3,(H,16,18). The number of hydrogen-bond donors (Lipinski definition) is 1. The van der Waals surface area contributed by atoms with E-state index in [9.17, 15) is 9.59 Å². The molecule has 0 saturated carbocycles. The monoisotopic (exact) mass is 282 g/mol. The Kier molecular flexibility index (Phi) is 5.02. The van der Waals surface area contributed by atoms with Crippen molar-refractivity contribution in [2.24, 2.45) is 5.92 Å². The molecule has 2 amide bonds. The fourth-order valence-electron chi connectivity index (χ4n) is 3.16. The van der Waals surface area contributed by atoms with E-state index in [-0.39, 0.29) is 23.8 Å². The summed E-state index contributed by atoms with van der Waals surface area (Å²) >= 11 is 0. The Hall–Kier alpha value is -1.10. The van der Waals surface area contributed by atoms with Gasteiger partial charge >= 0.3 is 0 Å². The zero-order chi connectivity index (χ0) is 14.7. The predicted octanol–water partition coefficient (Wildman–Crippen LogP) is 1.32. The number of rotatable bonds is 5. The Morgan fingerprint density at radius 2 is 2.15 bits per heavy atom. The number of nitrogens with one attached hydrogen (secondary N) is 1. The van der Waals surface area contributed by atoms with Crippen LogP contribution in [0.5, 0.6) is 0 Å². The molecule has 3 unspecified atom stereocenters. The number of carbonyl (C=O) groups is 2. The number of nitrogens with zero attached hydrogens (tertiary/aromatic N) is 1. The Bertz CT molecular complexity index is 364. The summed E-state index contributed by atoms with van der Waals surface area (Å²) in [6.07, 6.45) is 4.49. The highest BCUT2D eigenvalue weighted by Crippen LogP contribution is 2.21. The fourth-order valence-corrected chi connectivity index (χ4v) is 3.16. The van der Waals surface area contributed by atoms with Crippen LogP contribution in [0.25, 0.3) is 0 Å². The molecular weight excluding hydrogens is 256 g/mol. The van der Waals surface area contributed by atoms with E-state index in [0.29, 0.717) is 12.6 Å².